The second kappa shape index (κ2) is 11.1. The van der Waals surface area contributed by atoms with Crippen LogP contribution in [0.25, 0.3) is 11.3 Å². The summed E-state index contributed by atoms with van der Waals surface area (Å²) in [5, 5.41) is 25.7. The number of nitrogens with zero attached hydrogens (tertiary/aromatic N) is 1. The molecule has 4 rings (SSSR count). The van der Waals surface area contributed by atoms with E-state index in [1.165, 1.54) is 44.4 Å². The molecule has 0 saturated heterocycles. The first-order chi connectivity index (χ1) is 19.2. The number of fused-ring (bicyclic) bond motifs is 1. The lowest BCUT2D eigenvalue weighted by Gasteiger charge is -2.31. The predicted molar refractivity (Wildman–Crippen MR) is 142 cm³/mol. The minimum atomic E-state index is -5.27. The average Bonchev–Trinajstić information content (AvgIpc) is 3.23. The van der Waals surface area contributed by atoms with Crippen LogP contribution < -0.4 is 25.8 Å². The van der Waals surface area contributed by atoms with Crippen molar-refractivity contribution in [3.63, 3.8) is 0 Å². The Balaban J connectivity index is 1.70. The molecule has 3 aromatic rings. The first-order valence-electron chi connectivity index (χ1n) is 12.6. The lowest BCUT2D eigenvalue weighted by atomic mass is 9.89. The zero-order chi connectivity index (χ0) is 30.2. The standard InChI is InChI=1S/C28H30F4N4O5/c1-15(37)12-41-20-9-6-17(10-21(20)40-3)25(38)35-14-27(39,28(30,31)32)22-11-19-24(34-13-26(19,2)33)23(36-22)16-4-7-18(29)8-5-16/h4-11,15,34,37,39H,12-14,33H2,1-3H3,(H,35,38). The van der Waals surface area contributed by atoms with Gasteiger partial charge in [-0.2, -0.15) is 13.2 Å². The van der Waals surface area contributed by atoms with E-state index in [1.807, 2.05) is 0 Å². The van der Waals surface area contributed by atoms with Gasteiger partial charge in [0.05, 0.1) is 42.4 Å². The Labute approximate surface area is 233 Å². The molecule has 0 radical (unpaired) electrons. The van der Waals surface area contributed by atoms with Gasteiger partial charge in [-0.05, 0) is 62.4 Å². The van der Waals surface area contributed by atoms with Gasteiger partial charge in [-0.3, -0.25) is 4.79 Å². The first kappa shape index (κ1) is 30.0. The van der Waals surface area contributed by atoms with Crippen LogP contribution in [0.5, 0.6) is 11.5 Å². The van der Waals surface area contributed by atoms with Crippen LogP contribution in [0.4, 0.5) is 23.2 Å². The Morgan fingerprint density at radius 1 is 1.20 bits per heavy atom. The Hall–Kier alpha value is -3.94. The van der Waals surface area contributed by atoms with Crippen molar-refractivity contribution in [2.24, 2.45) is 5.73 Å². The summed E-state index contributed by atoms with van der Waals surface area (Å²) in [4.78, 5) is 17.0. The van der Waals surface area contributed by atoms with Crippen LogP contribution in [0.3, 0.4) is 0 Å². The molecule has 0 saturated carbocycles. The number of nitrogens with one attached hydrogen (secondary N) is 2. The molecule has 3 atom stereocenters. The maximum absolute atomic E-state index is 14.5. The van der Waals surface area contributed by atoms with Gasteiger partial charge in [-0.15, -0.1) is 0 Å². The molecule has 2 aromatic carbocycles. The molecule has 1 aliphatic heterocycles. The van der Waals surface area contributed by atoms with Crippen molar-refractivity contribution in [2.75, 3.05) is 32.1 Å². The summed E-state index contributed by atoms with van der Waals surface area (Å²) in [6.07, 6.45) is -6.04. The molecule has 41 heavy (non-hydrogen) atoms. The van der Waals surface area contributed by atoms with Gasteiger partial charge in [0.1, 0.15) is 12.4 Å². The van der Waals surface area contributed by atoms with Crippen LogP contribution in [0.15, 0.2) is 48.5 Å². The van der Waals surface area contributed by atoms with E-state index in [-0.39, 0.29) is 41.5 Å². The second-order valence-corrected chi connectivity index (χ2v) is 10.1. The Morgan fingerprint density at radius 2 is 1.88 bits per heavy atom. The maximum atomic E-state index is 14.5. The summed E-state index contributed by atoms with van der Waals surface area (Å²) in [5.41, 5.74) is 1.74. The van der Waals surface area contributed by atoms with Crippen LogP contribution in [-0.4, -0.2) is 60.2 Å². The number of aliphatic hydroxyl groups is 2. The molecule has 6 N–H and O–H groups in total. The number of halogens is 4. The van der Waals surface area contributed by atoms with Crippen LogP contribution in [0.1, 0.15) is 35.5 Å². The van der Waals surface area contributed by atoms with E-state index >= 15 is 0 Å². The molecule has 3 unspecified atom stereocenters. The highest BCUT2D eigenvalue weighted by molar-refractivity contribution is 5.95. The Morgan fingerprint density at radius 3 is 2.49 bits per heavy atom. The highest BCUT2D eigenvalue weighted by Gasteiger charge is 2.57. The van der Waals surface area contributed by atoms with Crippen molar-refractivity contribution in [1.29, 1.82) is 0 Å². The molecule has 0 fully saturated rings. The zero-order valence-electron chi connectivity index (χ0n) is 22.5. The number of alkyl halides is 3. The molecule has 220 valence electrons. The summed E-state index contributed by atoms with van der Waals surface area (Å²) in [6.45, 7) is 1.98. The Bertz CT molecular complexity index is 1430. The van der Waals surface area contributed by atoms with Crippen LogP contribution in [0, 0.1) is 5.82 Å². The molecule has 0 aliphatic carbocycles. The summed E-state index contributed by atoms with van der Waals surface area (Å²) in [6, 6.07) is 9.98. The van der Waals surface area contributed by atoms with Crippen LogP contribution in [-0.2, 0) is 11.1 Å². The lowest BCUT2D eigenvalue weighted by Crippen LogP contribution is -2.51. The van der Waals surface area contributed by atoms with E-state index in [4.69, 9.17) is 15.2 Å². The molecular weight excluding hydrogens is 548 g/mol. The van der Waals surface area contributed by atoms with Gasteiger partial charge in [0, 0.05) is 23.2 Å². The van der Waals surface area contributed by atoms with Gasteiger partial charge < -0.3 is 36.1 Å². The molecular formula is C28H30F4N4O5. The summed E-state index contributed by atoms with van der Waals surface area (Å²) < 4.78 is 67.7. The number of hydrogen-bond donors (Lipinski definition) is 5. The van der Waals surface area contributed by atoms with E-state index in [2.05, 4.69) is 15.6 Å². The van der Waals surface area contributed by atoms with Crippen molar-refractivity contribution >= 4 is 11.6 Å². The maximum Gasteiger partial charge on any atom is 0.424 e. The third-order valence-corrected chi connectivity index (χ3v) is 6.69. The van der Waals surface area contributed by atoms with Gasteiger partial charge >= 0.3 is 6.18 Å². The number of carbonyl (C=O) groups excluding carboxylic acids is 1. The summed E-state index contributed by atoms with van der Waals surface area (Å²) in [5.74, 6) is -1.15. The number of rotatable bonds is 9. The number of ether oxygens (including phenoxy) is 2. The fourth-order valence-electron chi connectivity index (χ4n) is 4.35. The zero-order valence-corrected chi connectivity index (χ0v) is 22.5. The molecule has 0 bridgehead atoms. The fraction of sp³-hybridized carbons (Fsp3) is 0.357. The van der Waals surface area contributed by atoms with Gasteiger partial charge in [0.15, 0.2) is 11.5 Å². The number of amides is 1. The van der Waals surface area contributed by atoms with E-state index in [1.54, 1.807) is 6.92 Å². The highest BCUT2D eigenvalue weighted by atomic mass is 19.4. The molecule has 0 spiro atoms. The average molecular weight is 579 g/mol. The third-order valence-electron chi connectivity index (χ3n) is 6.69. The van der Waals surface area contributed by atoms with E-state index in [9.17, 15) is 32.6 Å². The van der Waals surface area contributed by atoms with Crippen molar-refractivity contribution in [1.82, 2.24) is 10.3 Å². The van der Waals surface area contributed by atoms with E-state index in [0.717, 1.165) is 18.2 Å². The smallest absolute Gasteiger partial charge is 0.424 e. The number of methoxy groups -OCH3 is 1. The number of nitrogens with two attached hydrogens (primary N) is 1. The van der Waals surface area contributed by atoms with E-state index < -0.39 is 47.4 Å². The number of anilines is 1. The van der Waals surface area contributed by atoms with Crippen molar-refractivity contribution in [3.05, 3.63) is 71.2 Å². The Kier molecular flexibility index (Phi) is 8.16. The molecule has 1 amide bonds. The molecule has 2 heterocycles. The van der Waals surface area contributed by atoms with Crippen LogP contribution in [0.2, 0.25) is 0 Å². The summed E-state index contributed by atoms with van der Waals surface area (Å²) >= 11 is 0. The quantitative estimate of drug-likeness (QED) is 0.244. The number of carbonyl (C=O) groups is 1. The van der Waals surface area contributed by atoms with Crippen LogP contribution >= 0.6 is 0 Å². The number of pyridine rings is 1. The number of benzene rings is 2. The largest absolute Gasteiger partial charge is 0.493 e. The van der Waals surface area contributed by atoms with Gasteiger partial charge in [-0.25, -0.2) is 9.37 Å². The number of aliphatic hydroxyl groups excluding tert-OH is 1. The third kappa shape index (κ3) is 6.06. The lowest BCUT2D eigenvalue weighted by molar-refractivity contribution is -0.265. The number of hydrogen-bond acceptors (Lipinski definition) is 8. The van der Waals surface area contributed by atoms with Crippen molar-refractivity contribution in [2.45, 2.75) is 37.3 Å². The molecule has 1 aliphatic rings. The molecule has 13 heteroatoms. The topological polar surface area (TPSA) is 139 Å². The number of aromatic nitrogens is 1. The minimum absolute atomic E-state index is 0.0400. The molecule has 9 nitrogen and oxygen atoms in total. The first-order valence-corrected chi connectivity index (χ1v) is 12.6. The SMILES string of the molecule is COc1cc(C(=O)NCC(O)(c2cc3c(c(-c4ccc(F)cc4)n2)NCC3(C)N)C(F)(F)F)ccc1OCC(C)O. The minimum Gasteiger partial charge on any atom is -0.493 e. The van der Waals surface area contributed by atoms with Gasteiger partial charge in [0.25, 0.3) is 5.91 Å². The fourth-order valence-corrected chi connectivity index (χ4v) is 4.35. The summed E-state index contributed by atoms with van der Waals surface area (Å²) in [7, 11) is 1.31. The van der Waals surface area contributed by atoms with Gasteiger partial charge in [-0.1, -0.05) is 0 Å². The monoisotopic (exact) mass is 578 g/mol. The molecule has 1 aromatic heterocycles. The van der Waals surface area contributed by atoms with Crippen molar-refractivity contribution < 1.29 is 42.0 Å². The van der Waals surface area contributed by atoms with Gasteiger partial charge in [0.2, 0.25) is 5.60 Å². The highest BCUT2D eigenvalue weighted by Crippen LogP contribution is 2.45. The second-order valence-electron chi connectivity index (χ2n) is 10.1. The van der Waals surface area contributed by atoms with E-state index in [0.29, 0.717) is 11.3 Å². The van der Waals surface area contributed by atoms with Crippen molar-refractivity contribution in [3.8, 4) is 22.8 Å². The normalized spacial score (nSPS) is 18.6. The predicted octanol–water partition coefficient (Wildman–Crippen LogP) is 3.44.